The van der Waals surface area contributed by atoms with Crippen LogP contribution in [0.25, 0.3) is 0 Å². The maximum atomic E-state index is 11.3. The highest BCUT2D eigenvalue weighted by Gasteiger charge is 2.29. The molecule has 0 fully saturated rings. The van der Waals surface area contributed by atoms with Gasteiger partial charge in [0.2, 0.25) is 0 Å². The van der Waals surface area contributed by atoms with Gasteiger partial charge in [0.05, 0.1) is 17.6 Å². The zero-order valence-electron chi connectivity index (χ0n) is 8.99. The fraction of sp³-hybridized carbons (Fsp3) is 0.700. The van der Waals surface area contributed by atoms with Crippen LogP contribution in [0.4, 0.5) is 0 Å². The minimum atomic E-state index is -3.11. The Balaban J connectivity index is 2.81. The van der Waals surface area contributed by atoms with Gasteiger partial charge in [-0.25, -0.2) is 8.42 Å². The molecule has 1 atom stereocenters. The van der Waals surface area contributed by atoms with E-state index >= 15 is 0 Å². The van der Waals surface area contributed by atoms with Gasteiger partial charge in [0, 0.05) is 5.57 Å². The van der Waals surface area contributed by atoms with Gasteiger partial charge in [0.1, 0.15) is 0 Å². The summed E-state index contributed by atoms with van der Waals surface area (Å²) in [7, 11) is -3.11. The molecule has 0 aliphatic carbocycles. The molecule has 0 aromatic rings. The number of carbonyl (C=O) groups is 1. The van der Waals surface area contributed by atoms with Gasteiger partial charge in [-0.3, -0.25) is 4.79 Å². The van der Waals surface area contributed by atoms with Crippen LogP contribution in [0.3, 0.4) is 0 Å². The molecule has 0 aromatic carbocycles. The van der Waals surface area contributed by atoms with E-state index in [2.05, 4.69) is 0 Å². The van der Waals surface area contributed by atoms with Crippen LogP contribution in [-0.2, 0) is 14.6 Å². The lowest BCUT2D eigenvalue weighted by atomic mass is 10.0. The van der Waals surface area contributed by atoms with Gasteiger partial charge in [0.15, 0.2) is 15.6 Å². The van der Waals surface area contributed by atoms with Crippen LogP contribution < -0.4 is 0 Å². The molecule has 0 amide bonds. The average Bonchev–Trinajstić information content (AvgIpc) is 2.38. The van der Waals surface area contributed by atoms with Crippen molar-refractivity contribution in [3.05, 3.63) is 11.1 Å². The van der Waals surface area contributed by atoms with Gasteiger partial charge >= 0.3 is 0 Å². The average molecular weight is 232 g/mol. The van der Waals surface area contributed by atoms with Crippen LogP contribution in [0.1, 0.15) is 26.7 Å². The van der Waals surface area contributed by atoms with Crippen LogP contribution in [0, 0.1) is 0 Å². The summed E-state index contributed by atoms with van der Waals surface area (Å²) in [5, 5.41) is 9.11. The monoisotopic (exact) mass is 232 g/mol. The molecular weight excluding hydrogens is 216 g/mol. The third-order valence-corrected chi connectivity index (χ3v) is 3.99. The van der Waals surface area contributed by atoms with Crippen molar-refractivity contribution in [2.24, 2.45) is 0 Å². The topological polar surface area (TPSA) is 71.4 Å². The molecule has 4 nitrogen and oxygen atoms in total. The van der Waals surface area contributed by atoms with E-state index in [1.165, 1.54) is 6.92 Å². The maximum absolute atomic E-state index is 11.3. The summed E-state index contributed by atoms with van der Waals surface area (Å²) in [5.74, 6) is -0.316. The van der Waals surface area contributed by atoms with E-state index in [9.17, 15) is 13.2 Å². The van der Waals surface area contributed by atoms with Crippen molar-refractivity contribution >= 4 is 15.6 Å². The molecule has 1 aliphatic rings. The minimum absolute atomic E-state index is 0.0192. The van der Waals surface area contributed by atoms with E-state index in [-0.39, 0.29) is 17.3 Å². The third kappa shape index (κ3) is 3.43. The molecule has 1 unspecified atom stereocenters. The number of aliphatic hydroxyl groups excluding tert-OH is 1. The fourth-order valence-corrected chi connectivity index (χ4v) is 3.48. The van der Waals surface area contributed by atoms with E-state index in [1.807, 2.05) is 0 Å². The molecule has 1 heterocycles. The summed E-state index contributed by atoms with van der Waals surface area (Å²) < 4.78 is 22.7. The van der Waals surface area contributed by atoms with Crippen molar-refractivity contribution in [1.82, 2.24) is 0 Å². The van der Waals surface area contributed by atoms with Gasteiger partial charge in [-0.2, -0.15) is 0 Å². The Morgan fingerprint density at radius 2 is 2.07 bits per heavy atom. The number of hydrogen-bond acceptors (Lipinski definition) is 4. The molecular formula is C10H16O4S. The summed E-state index contributed by atoms with van der Waals surface area (Å²) in [4.78, 5) is 11.2. The minimum Gasteiger partial charge on any atom is -0.393 e. The number of carbonyl (C=O) groups excluding carboxylic acids is 1. The molecule has 15 heavy (non-hydrogen) atoms. The van der Waals surface area contributed by atoms with Crippen molar-refractivity contribution in [2.45, 2.75) is 32.8 Å². The Bertz CT molecular complexity index is 390. The van der Waals surface area contributed by atoms with Crippen LogP contribution in [0.5, 0.6) is 0 Å². The van der Waals surface area contributed by atoms with Crippen LogP contribution in [-0.4, -0.2) is 36.9 Å². The Kier molecular flexibility index (Phi) is 3.67. The standard InChI is InChI=1S/C10H16O4S/c1-7(11)3-4-9-5-15(13,14)6-10(9)8(2)12/h7,11H,3-6H2,1-2H3. The molecule has 1 aliphatic heterocycles. The zero-order chi connectivity index (χ0) is 11.6. The van der Waals surface area contributed by atoms with Crippen molar-refractivity contribution in [3.8, 4) is 0 Å². The summed E-state index contributed by atoms with van der Waals surface area (Å²) >= 11 is 0. The lowest BCUT2D eigenvalue weighted by molar-refractivity contribution is -0.113. The van der Waals surface area contributed by atoms with Gasteiger partial charge in [-0.1, -0.05) is 0 Å². The number of aliphatic hydroxyl groups is 1. The Labute approximate surface area is 89.9 Å². The Morgan fingerprint density at radius 3 is 2.53 bits per heavy atom. The first-order valence-electron chi connectivity index (χ1n) is 4.92. The first-order valence-corrected chi connectivity index (χ1v) is 6.74. The first-order chi connectivity index (χ1) is 6.82. The maximum Gasteiger partial charge on any atom is 0.158 e. The van der Waals surface area contributed by atoms with Gasteiger partial charge in [-0.05, 0) is 32.3 Å². The fourth-order valence-electron chi connectivity index (χ4n) is 1.68. The predicted octanol–water partition coefficient (Wildman–Crippen LogP) is 0.461. The number of Topliss-reactive ketones (excluding diaryl/α,β-unsaturated/α-hetero) is 1. The van der Waals surface area contributed by atoms with E-state index in [0.717, 1.165) is 0 Å². The molecule has 0 saturated heterocycles. The molecule has 0 radical (unpaired) electrons. The largest absolute Gasteiger partial charge is 0.393 e. The van der Waals surface area contributed by atoms with E-state index < -0.39 is 15.9 Å². The van der Waals surface area contributed by atoms with Crippen LogP contribution >= 0.6 is 0 Å². The highest BCUT2D eigenvalue weighted by atomic mass is 32.2. The molecule has 86 valence electrons. The summed E-state index contributed by atoms with van der Waals surface area (Å²) in [5.41, 5.74) is 1.11. The molecule has 0 aromatic heterocycles. The lowest BCUT2D eigenvalue weighted by Crippen LogP contribution is -2.06. The predicted molar refractivity (Wildman–Crippen MR) is 57.3 cm³/mol. The molecule has 5 heteroatoms. The molecule has 0 bridgehead atoms. The highest BCUT2D eigenvalue weighted by Crippen LogP contribution is 2.24. The van der Waals surface area contributed by atoms with Crippen LogP contribution in [0.15, 0.2) is 11.1 Å². The van der Waals surface area contributed by atoms with Crippen molar-refractivity contribution in [3.63, 3.8) is 0 Å². The SMILES string of the molecule is CC(=O)C1=C(CCC(C)O)CS(=O)(=O)C1. The molecule has 0 spiro atoms. The van der Waals surface area contributed by atoms with E-state index in [1.54, 1.807) is 6.92 Å². The smallest absolute Gasteiger partial charge is 0.158 e. The summed E-state index contributed by atoms with van der Waals surface area (Å²) in [6.45, 7) is 3.04. The summed E-state index contributed by atoms with van der Waals surface area (Å²) in [6.07, 6.45) is 0.530. The van der Waals surface area contributed by atoms with Crippen molar-refractivity contribution < 1.29 is 18.3 Å². The normalized spacial score (nSPS) is 21.8. The second kappa shape index (κ2) is 4.45. The van der Waals surface area contributed by atoms with Gasteiger partial charge < -0.3 is 5.11 Å². The second-order valence-electron chi connectivity index (χ2n) is 4.06. The van der Waals surface area contributed by atoms with Gasteiger partial charge in [-0.15, -0.1) is 0 Å². The molecule has 1 N–H and O–H groups in total. The Morgan fingerprint density at radius 1 is 1.47 bits per heavy atom. The lowest BCUT2D eigenvalue weighted by Gasteiger charge is -2.05. The number of ketones is 1. The first kappa shape index (κ1) is 12.4. The van der Waals surface area contributed by atoms with E-state index in [0.29, 0.717) is 24.0 Å². The summed E-state index contributed by atoms with van der Waals surface area (Å²) in [6, 6.07) is 0. The van der Waals surface area contributed by atoms with Crippen molar-refractivity contribution in [2.75, 3.05) is 11.5 Å². The third-order valence-electron chi connectivity index (χ3n) is 2.47. The number of hydrogen-bond donors (Lipinski definition) is 1. The van der Waals surface area contributed by atoms with E-state index in [4.69, 9.17) is 5.11 Å². The molecule has 1 rings (SSSR count). The quantitative estimate of drug-likeness (QED) is 0.764. The van der Waals surface area contributed by atoms with Gasteiger partial charge in [0.25, 0.3) is 0 Å². The zero-order valence-corrected chi connectivity index (χ0v) is 9.80. The van der Waals surface area contributed by atoms with Crippen molar-refractivity contribution in [1.29, 1.82) is 0 Å². The Hall–Kier alpha value is -0.680. The second-order valence-corrected chi connectivity index (χ2v) is 6.12. The number of sulfone groups is 1. The highest BCUT2D eigenvalue weighted by molar-refractivity contribution is 7.92. The number of rotatable bonds is 4. The molecule has 0 saturated carbocycles. The van der Waals surface area contributed by atoms with Crippen LogP contribution in [0.2, 0.25) is 0 Å².